The molecular weight excluding hydrogens is 236 g/mol. The Kier molecular flexibility index (Phi) is 6.11. The average molecular weight is 268 g/mol. The van der Waals surface area contributed by atoms with Gasteiger partial charge in [0, 0.05) is 19.1 Å². The Morgan fingerprint density at radius 1 is 1.21 bits per heavy atom. The van der Waals surface area contributed by atoms with Gasteiger partial charge < -0.3 is 10.1 Å². The summed E-state index contributed by atoms with van der Waals surface area (Å²) in [4.78, 5) is 2.53. The molecule has 2 rings (SSSR count). The van der Waals surface area contributed by atoms with E-state index in [2.05, 4.69) is 31.0 Å². The van der Waals surface area contributed by atoms with Crippen LogP contribution < -0.4 is 5.32 Å². The van der Waals surface area contributed by atoms with Crippen LogP contribution >= 0.6 is 0 Å². The van der Waals surface area contributed by atoms with Crippen LogP contribution in [0.2, 0.25) is 0 Å². The molecule has 2 aliphatic rings. The first kappa shape index (κ1) is 15.3. The topological polar surface area (TPSA) is 24.5 Å². The fourth-order valence-electron chi connectivity index (χ4n) is 3.72. The number of nitrogens with one attached hydrogen (secondary N) is 1. The number of nitrogens with zero attached hydrogens (tertiary/aromatic N) is 1. The van der Waals surface area contributed by atoms with Crippen molar-refractivity contribution in [2.24, 2.45) is 11.8 Å². The van der Waals surface area contributed by atoms with Gasteiger partial charge in [0.15, 0.2) is 0 Å². The van der Waals surface area contributed by atoms with E-state index in [1.807, 2.05) is 0 Å². The zero-order valence-corrected chi connectivity index (χ0v) is 13.0. The normalized spacial score (nSPS) is 35.2. The number of ether oxygens (including phenoxy) is 1. The number of morpholine rings is 1. The summed E-state index contributed by atoms with van der Waals surface area (Å²) in [6, 6.07) is 0.562. The van der Waals surface area contributed by atoms with Crippen LogP contribution in [0, 0.1) is 11.8 Å². The van der Waals surface area contributed by atoms with E-state index in [1.54, 1.807) is 0 Å². The van der Waals surface area contributed by atoms with E-state index in [0.717, 1.165) is 44.6 Å². The lowest BCUT2D eigenvalue weighted by Gasteiger charge is -2.42. The van der Waals surface area contributed by atoms with Gasteiger partial charge in [-0.2, -0.15) is 0 Å². The van der Waals surface area contributed by atoms with Gasteiger partial charge in [0.2, 0.25) is 0 Å². The van der Waals surface area contributed by atoms with Crippen LogP contribution in [0.3, 0.4) is 0 Å². The number of hydrogen-bond acceptors (Lipinski definition) is 3. The van der Waals surface area contributed by atoms with Gasteiger partial charge in [-0.05, 0) is 37.8 Å². The molecule has 0 aromatic heterocycles. The maximum Gasteiger partial charge on any atom is 0.0857 e. The summed E-state index contributed by atoms with van der Waals surface area (Å²) < 4.78 is 6.10. The molecule has 0 radical (unpaired) electrons. The summed E-state index contributed by atoms with van der Waals surface area (Å²) in [5, 5.41) is 3.73. The molecule has 0 spiro atoms. The smallest absolute Gasteiger partial charge is 0.0857 e. The van der Waals surface area contributed by atoms with Crippen LogP contribution in [-0.2, 0) is 4.74 Å². The molecule has 2 unspecified atom stereocenters. The quantitative estimate of drug-likeness (QED) is 0.829. The van der Waals surface area contributed by atoms with Gasteiger partial charge in [0.1, 0.15) is 0 Å². The van der Waals surface area contributed by atoms with E-state index in [4.69, 9.17) is 4.74 Å². The van der Waals surface area contributed by atoms with Gasteiger partial charge in [-0.25, -0.2) is 0 Å². The highest BCUT2D eigenvalue weighted by molar-refractivity contribution is 4.89. The fraction of sp³-hybridized carbons (Fsp3) is 1.00. The summed E-state index contributed by atoms with van der Waals surface area (Å²) >= 11 is 0. The largest absolute Gasteiger partial charge is 0.374 e. The van der Waals surface area contributed by atoms with Crippen LogP contribution in [0.4, 0.5) is 0 Å². The van der Waals surface area contributed by atoms with Crippen molar-refractivity contribution in [1.82, 2.24) is 10.2 Å². The van der Waals surface area contributed by atoms with E-state index < -0.39 is 0 Å². The Bertz CT molecular complexity index is 251. The highest BCUT2D eigenvalue weighted by Gasteiger charge is 2.34. The molecular formula is C16H32N2O. The molecule has 1 aliphatic heterocycles. The van der Waals surface area contributed by atoms with Crippen molar-refractivity contribution in [1.29, 1.82) is 0 Å². The summed E-state index contributed by atoms with van der Waals surface area (Å²) in [6.07, 6.45) is 5.95. The van der Waals surface area contributed by atoms with E-state index in [1.165, 1.54) is 25.7 Å². The monoisotopic (exact) mass is 268 g/mol. The van der Waals surface area contributed by atoms with Gasteiger partial charge in [0.05, 0.1) is 12.7 Å². The summed E-state index contributed by atoms with van der Waals surface area (Å²) in [5.74, 6) is 1.75. The molecule has 1 saturated heterocycles. The van der Waals surface area contributed by atoms with Crippen molar-refractivity contribution in [2.75, 3.05) is 32.8 Å². The minimum Gasteiger partial charge on any atom is -0.374 e. The van der Waals surface area contributed by atoms with E-state index in [-0.39, 0.29) is 0 Å². The average Bonchev–Trinajstić information content (AvgIpc) is 2.46. The molecule has 19 heavy (non-hydrogen) atoms. The SMILES string of the molecule is CCNC(C1CCC(C)CC1)C1CN(CC)CCO1. The summed E-state index contributed by atoms with van der Waals surface area (Å²) in [7, 11) is 0. The molecule has 2 fully saturated rings. The predicted molar refractivity (Wildman–Crippen MR) is 80.4 cm³/mol. The zero-order chi connectivity index (χ0) is 13.7. The second-order valence-electron chi connectivity index (χ2n) is 6.41. The maximum atomic E-state index is 6.10. The lowest BCUT2D eigenvalue weighted by atomic mass is 9.77. The first-order valence-electron chi connectivity index (χ1n) is 8.31. The van der Waals surface area contributed by atoms with Crippen molar-refractivity contribution in [3.8, 4) is 0 Å². The molecule has 0 aromatic carbocycles. The van der Waals surface area contributed by atoms with Crippen LogP contribution in [0.5, 0.6) is 0 Å². The maximum absolute atomic E-state index is 6.10. The van der Waals surface area contributed by atoms with Crippen molar-refractivity contribution in [2.45, 2.75) is 58.6 Å². The minimum absolute atomic E-state index is 0.395. The Labute approximate surface area is 119 Å². The Balaban J connectivity index is 1.94. The molecule has 0 aromatic rings. The van der Waals surface area contributed by atoms with Crippen molar-refractivity contribution in [3.05, 3.63) is 0 Å². The molecule has 1 saturated carbocycles. The van der Waals surface area contributed by atoms with Gasteiger partial charge in [-0.15, -0.1) is 0 Å². The van der Waals surface area contributed by atoms with Crippen molar-refractivity contribution < 1.29 is 4.74 Å². The molecule has 3 heteroatoms. The Morgan fingerprint density at radius 3 is 2.58 bits per heavy atom. The molecule has 112 valence electrons. The van der Waals surface area contributed by atoms with Crippen LogP contribution in [0.25, 0.3) is 0 Å². The molecule has 3 nitrogen and oxygen atoms in total. The van der Waals surface area contributed by atoms with Crippen molar-refractivity contribution in [3.63, 3.8) is 0 Å². The molecule has 1 heterocycles. The Hall–Kier alpha value is -0.120. The van der Waals surface area contributed by atoms with Gasteiger partial charge in [0.25, 0.3) is 0 Å². The third-order valence-electron chi connectivity index (χ3n) is 5.03. The molecule has 1 N–H and O–H groups in total. The van der Waals surface area contributed by atoms with Crippen LogP contribution in [-0.4, -0.2) is 49.8 Å². The molecule has 2 atom stereocenters. The molecule has 0 bridgehead atoms. The van der Waals surface area contributed by atoms with E-state index in [0.29, 0.717) is 12.1 Å². The number of hydrogen-bond donors (Lipinski definition) is 1. The summed E-state index contributed by atoms with van der Waals surface area (Å²) in [5.41, 5.74) is 0. The third kappa shape index (κ3) is 4.17. The first-order valence-corrected chi connectivity index (χ1v) is 8.31. The zero-order valence-electron chi connectivity index (χ0n) is 13.0. The fourth-order valence-corrected chi connectivity index (χ4v) is 3.72. The van der Waals surface area contributed by atoms with E-state index in [9.17, 15) is 0 Å². The minimum atomic E-state index is 0.395. The standard InChI is InChI=1S/C16H32N2O/c1-4-17-16(14-8-6-13(3)7-9-14)15-12-18(5-2)10-11-19-15/h13-17H,4-12H2,1-3H3. The predicted octanol–water partition coefficient (Wildman–Crippen LogP) is 2.51. The number of rotatable bonds is 5. The first-order chi connectivity index (χ1) is 9.24. The van der Waals surface area contributed by atoms with Gasteiger partial charge in [-0.1, -0.05) is 33.6 Å². The lowest BCUT2D eigenvalue weighted by molar-refractivity contribution is -0.0586. The van der Waals surface area contributed by atoms with Crippen LogP contribution in [0.15, 0.2) is 0 Å². The van der Waals surface area contributed by atoms with Crippen molar-refractivity contribution >= 4 is 0 Å². The third-order valence-corrected chi connectivity index (χ3v) is 5.03. The lowest BCUT2D eigenvalue weighted by Crippen LogP contribution is -2.55. The molecule has 1 aliphatic carbocycles. The second-order valence-corrected chi connectivity index (χ2v) is 6.41. The molecule has 0 amide bonds. The van der Waals surface area contributed by atoms with Crippen LogP contribution in [0.1, 0.15) is 46.5 Å². The van der Waals surface area contributed by atoms with Gasteiger partial charge in [-0.3, -0.25) is 4.90 Å². The summed E-state index contributed by atoms with van der Waals surface area (Å²) in [6.45, 7) is 12.2. The van der Waals surface area contributed by atoms with E-state index >= 15 is 0 Å². The highest BCUT2D eigenvalue weighted by atomic mass is 16.5. The van der Waals surface area contributed by atoms with Gasteiger partial charge >= 0.3 is 0 Å². The highest BCUT2D eigenvalue weighted by Crippen LogP contribution is 2.32. The second kappa shape index (κ2) is 7.61. The Morgan fingerprint density at radius 2 is 1.95 bits per heavy atom. The number of likely N-dealkylation sites (N-methyl/N-ethyl adjacent to an activating group) is 2.